The average molecular weight is 317 g/mol. The fourth-order valence-corrected chi connectivity index (χ4v) is 2.74. The number of rotatable bonds is 6. The van der Waals surface area contributed by atoms with Gasteiger partial charge in [-0.15, -0.1) is 0 Å². The fraction of sp³-hybridized carbons (Fsp3) is 0.529. The summed E-state index contributed by atoms with van der Waals surface area (Å²) in [4.78, 5) is 4.45. The number of benzene rings is 1. The van der Waals surface area contributed by atoms with Gasteiger partial charge in [0.1, 0.15) is 0 Å². The van der Waals surface area contributed by atoms with Gasteiger partial charge in [-0.1, -0.05) is 36.3 Å². The molecular formula is C17H23N3O3. The van der Waals surface area contributed by atoms with E-state index in [1.54, 1.807) is 7.11 Å². The maximum Gasteiger partial charge on any atom is 0.240 e. The molecule has 1 N–H and O–H groups in total. The number of nitrogens with one attached hydrogen (secondary N) is 1. The molecule has 1 fully saturated rings. The predicted octanol–water partition coefficient (Wildman–Crippen LogP) is 2.19. The van der Waals surface area contributed by atoms with Gasteiger partial charge in [-0.05, 0) is 18.4 Å². The molecule has 1 aliphatic heterocycles. The highest BCUT2D eigenvalue weighted by Crippen LogP contribution is 2.17. The highest BCUT2D eigenvalue weighted by Gasteiger charge is 2.25. The molecular weight excluding hydrogens is 294 g/mol. The molecule has 0 spiro atoms. The van der Waals surface area contributed by atoms with Gasteiger partial charge < -0.3 is 19.3 Å². The van der Waals surface area contributed by atoms with Gasteiger partial charge in [0.05, 0.1) is 25.3 Å². The van der Waals surface area contributed by atoms with Crippen LogP contribution in [0.3, 0.4) is 0 Å². The SMILES string of the molecule is CCc1ccc(-c2noc(CN[C@@H]3COCC[C@H]3OC)n2)cc1. The molecule has 1 aromatic carbocycles. The lowest BCUT2D eigenvalue weighted by Gasteiger charge is -2.30. The number of methoxy groups -OCH3 is 1. The summed E-state index contributed by atoms with van der Waals surface area (Å²) < 4.78 is 16.3. The zero-order valence-corrected chi connectivity index (χ0v) is 13.6. The van der Waals surface area contributed by atoms with Gasteiger partial charge in [0.25, 0.3) is 0 Å². The first kappa shape index (κ1) is 16.1. The van der Waals surface area contributed by atoms with E-state index in [4.69, 9.17) is 14.0 Å². The molecule has 23 heavy (non-hydrogen) atoms. The molecule has 0 saturated carbocycles. The quantitative estimate of drug-likeness (QED) is 0.881. The zero-order valence-electron chi connectivity index (χ0n) is 13.6. The predicted molar refractivity (Wildman–Crippen MR) is 86.0 cm³/mol. The minimum atomic E-state index is 0.146. The van der Waals surface area contributed by atoms with Crippen LogP contribution in [0.15, 0.2) is 28.8 Å². The zero-order chi connectivity index (χ0) is 16.1. The van der Waals surface area contributed by atoms with Crippen molar-refractivity contribution in [2.45, 2.75) is 38.5 Å². The third-order valence-corrected chi connectivity index (χ3v) is 4.20. The van der Waals surface area contributed by atoms with Crippen LogP contribution in [0.25, 0.3) is 11.4 Å². The van der Waals surface area contributed by atoms with Crippen LogP contribution < -0.4 is 5.32 Å². The van der Waals surface area contributed by atoms with Crippen LogP contribution in [0.2, 0.25) is 0 Å². The summed E-state index contributed by atoms with van der Waals surface area (Å²) in [7, 11) is 1.73. The molecule has 0 amide bonds. The summed E-state index contributed by atoms with van der Waals surface area (Å²) in [5.74, 6) is 1.19. The Hall–Kier alpha value is -1.76. The highest BCUT2D eigenvalue weighted by atomic mass is 16.5. The summed E-state index contributed by atoms with van der Waals surface area (Å²) in [5.41, 5.74) is 2.26. The minimum absolute atomic E-state index is 0.146. The van der Waals surface area contributed by atoms with E-state index in [0.29, 0.717) is 24.9 Å². The van der Waals surface area contributed by atoms with E-state index in [1.165, 1.54) is 5.56 Å². The Kier molecular flexibility index (Phi) is 5.38. The van der Waals surface area contributed by atoms with Crippen LogP contribution in [-0.4, -0.2) is 42.6 Å². The van der Waals surface area contributed by atoms with Gasteiger partial charge in [0, 0.05) is 19.3 Å². The summed E-state index contributed by atoms with van der Waals surface area (Å²) >= 11 is 0. The molecule has 0 radical (unpaired) electrons. The van der Waals surface area contributed by atoms with Crippen molar-refractivity contribution in [3.05, 3.63) is 35.7 Å². The Morgan fingerprint density at radius 2 is 2.13 bits per heavy atom. The number of aromatic nitrogens is 2. The summed E-state index contributed by atoms with van der Waals surface area (Å²) in [6.07, 6.45) is 2.08. The maximum atomic E-state index is 5.49. The van der Waals surface area contributed by atoms with Gasteiger partial charge in [0.15, 0.2) is 0 Å². The lowest BCUT2D eigenvalue weighted by molar-refractivity contribution is -0.0379. The van der Waals surface area contributed by atoms with E-state index in [0.717, 1.165) is 25.0 Å². The van der Waals surface area contributed by atoms with Crippen molar-refractivity contribution >= 4 is 0 Å². The second kappa shape index (κ2) is 7.68. The Morgan fingerprint density at radius 3 is 2.87 bits per heavy atom. The largest absolute Gasteiger partial charge is 0.380 e. The van der Waals surface area contributed by atoms with Crippen molar-refractivity contribution in [3.8, 4) is 11.4 Å². The molecule has 124 valence electrons. The summed E-state index contributed by atoms with van der Waals surface area (Å²) in [6, 6.07) is 8.37. The maximum absolute atomic E-state index is 5.49. The first-order chi connectivity index (χ1) is 11.3. The van der Waals surface area contributed by atoms with Crippen molar-refractivity contribution in [1.82, 2.24) is 15.5 Å². The standard InChI is InChI=1S/C17H23N3O3/c1-3-12-4-6-13(7-5-12)17-19-16(23-20-17)10-18-14-11-22-9-8-15(14)21-2/h4-7,14-15,18H,3,8-11H2,1-2H3/t14-,15-/m1/s1. The second-order valence-electron chi connectivity index (χ2n) is 5.69. The number of ether oxygens (including phenoxy) is 2. The van der Waals surface area contributed by atoms with Crippen LogP contribution in [0, 0.1) is 0 Å². The third-order valence-electron chi connectivity index (χ3n) is 4.20. The molecule has 1 saturated heterocycles. The average Bonchev–Trinajstić information content (AvgIpc) is 3.09. The van der Waals surface area contributed by atoms with Crippen LogP contribution in [-0.2, 0) is 22.4 Å². The molecule has 1 aromatic heterocycles. The molecule has 1 aliphatic rings. The second-order valence-corrected chi connectivity index (χ2v) is 5.69. The molecule has 2 atom stereocenters. The highest BCUT2D eigenvalue weighted by molar-refractivity contribution is 5.54. The smallest absolute Gasteiger partial charge is 0.240 e. The van der Waals surface area contributed by atoms with Gasteiger partial charge in [0.2, 0.25) is 11.7 Å². The van der Waals surface area contributed by atoms with E-state index in [-0.39, 0.29) is 12.1 Å². The van der Waals surface area contributed by atoms with E-state index >= 15 is 0 Å². The van der Waals surface area contributed by atoms with Crippen LogP contribution in [0.5, 0.6) is 0 Å². The molecule has 0 aliphatic carbocycles. The molecule has 6 nitrogen and oxygen atoms in total. The van der Waals surface area contributed by atoms with Crippen LogP contribution in [0.1, 0.15) is 24.8 Å². The number of hydrogen-bond donors (Lipinski definition) is 1. The van der Waals surface area contributed by atoms with E-state index in [2.05, 4.69) is 34.5 Å². The van der Waals surface area contributed by atoms with E-state index in [9.17, 15) is 0 Å². The van der Waals surface area contributed by atoms with E-state index < -0.39 is 0 Å². The van der Waals surface area contributed by atoms with Crippen molar-refractivity contribution in [2.75, 3.05) is 20.3 Å². The van der Waals surface area contributed by atoms with E-state index in [1.807, 2.05) is 12.1 Å². The Morgan fingerprint density at radius 1 is 1.30 bits per heavy atom. The van der Waals surface area contributed by atoms with Crippen molar-refractivity contribution in [3.63, 3.8) is 0 Å². The van der Waals surface area contributed by atoms with Gasteiger partial charge in [-0.2, -0.15) is 4.98 Å². The van der Waals surface area contributed by atoms with Crippen molar-refractivity contribution in [2.24, 2.45) is 0 Å². The van der Waals surface area contributed by atoms with Crippen molar-refractivity contribution in [1.29, 1.82) is 0 Å². The monoisotopic (exact) mass is 317 g/mol. The van der Waals surface area contributed by atoms with Crippen LogP contribution in [0.4, 0.5) is 0 Å². The molecule has 2 heterocycles. The minimum Gasteiger partial charge on any atom is -0.380 e. The number of hydrogen-bond acceptors (Lipinski definition) is 6. The third kappa shape index (κ3) is 3.96. The van der Waals surface area contributed by atoms with Gasteiger partial charge >= 0.3 is 0 Å². The summed E-state index contributed by atoms with van der Waals surface area (Å²) in [6.45, 7) is 4.02. The number of nitrogens with zero attached hydrogens (tertiary/aromatic N) is 2. The molecule has 2 aromatic rings. The summed E-state index contributed by atoms with van der Waals surface area (Å²) in [5, 5.41) is 7.43. The van der Waals surface area contributed by atoms with Gasteiger partial charge in [-0.25, -0.2) is 0 Å². The topological polar surface area (TPSA) is 69.4 Å². The number of aryl methyl sites for hydroxylation is 1. The fourth-order valence-electron chi connectivity index (χ4n) is 2.74. The van der Waals surface area contributed by atoms with Gasteiger partial charge in [-0.3, -0.25) is 0 Å². The molecule has 0 bridgehead atoms. The normalized spacial score (nSPS) is 21.5. The molecule has 6 heteroatoms. The molecule has 3 rings (SSSR count). The Labute approximate surface area is 136 Å². The Balaban J connectivity index is 1.60. The lowest BCUT2D eigenvalue weighted by Crippen LogP contribution is -2.47. The van der Waals surface area contributed by atoms with Crippen LogP contribution >= 0.6 is 0 Å². The first-order valence-corrected chi connectivity index (χ1v) is 8.06. The Bertz CT molecular complexity index is 612. The first-order valence-electron chi connectivity index (χ1n) is 8.06. The molecule has 0 unspecified atom stereocenters. The lowest BCUT2D eigenvalue weighted by atomic mass is 10.1. The van der Waals surface area contributed by atoms with Crippen molar-refractivity contribution < 1.29 is 14.0 Å².